The predicted molar refractivity (Wildman–Crippen MR) is 123 cm³/mol. The van der Waals surface area contributed by atoms with Gasteiger partial charge in [0.2, 0.25) is 11.8 Å². The van der Waals surface area contributed by atoms with Gasteiger partial charge in [-0.1, -0.05) is 57.3 Å². The lowest BCUT2D eigenvalue weighted by atomic mass is 9.78. The maximum absolute atomic E-state index is 13.1. The van der Waals surface area contributed by atoms with Crippen LogP contribution in [0.4, 0.5) is 5.69 Å². The van der Waals surface area contributed by atoms with E-state index in [2.05, 4.69) is 5.32 Å². The zero-order valence-electron chi connectivity index (χ0n) is 18.5. The maximum Gasteiger partial charge on any atom is 0.308 e. The molecule has 0 fully saturated rings. The van der Waals surface area contributed by atoms with Crippen LogP contribution < -0.4 is 10.2 Å². The second-order valence-electron chi connectivity index (χ2n) is 8.19. The van der Waals surface area contributed by atoms with Crippen molar-refractivity contribution in [3.8, 4) is 0 Å². The zero-order chi connectivity index (χ0) is 23.2. The summed E-state index contributed by atoms with van der Waals surface area (Å²) in [5, 5.41) is 3.70. The Hall–Kier alpha value is -2.05. The Balaban J connectivity index is 2.08. The first-order valence-corrected chi connectivity index (χ1v) is 11.3. The van der Waals surface area contributed by atoms with Gasteiger partial charge in [-0.25, -0.2) is 0 Å². The fourth-order valence-electron chi connectivity index (χ4n) is 3.39. The molecule has 0 aliphatic carbocycles. The van der Waals surface area contributed by atoms with E-state index in [1.54, 1.807) is 31.3 Å². The third-order valence-electron chi connectivity index (χ3n) is 5.57. The molecule has 2 rings (SSSR count). The van der Waals surface area contributed by atoms with Crippen LogP contribution >= 0.6 is 23.2 Å². The number of anilines is 1. The Labute approximate surface area is 193 Å². The molecule has 2 amide bonds. The van der Waals surface area contributed by atoms with Crippen molar-refractivity contribution < 1.29 is 19.1 Å². The number of carbonyl (C=O) groups is 3. The van der Waals surface area contributed by atoms with Crippen LogP contribution in [0.3, 0.4) is 0 Å². The van der Waals surface area contributed by atoms with Crippen LogP contribution in [0, 0.1) is 11.3 Å². The second kappa shape index (κ2) is 11.0. The molecule has 31 heavy (non-hydrogen) atoms. The Kier molecular flexibility index (Phi) is 8.95. The molecule has 1 aromatic carbocycles. The molecule has 2 atom stereocenters. The van der Waals surface area contributed by atoms with Gasteiger partial charge in [0.15, 0.2) is 0 Å². The van der Waals surface area contributed by atoms with Crippen LogP contribution in [0.5, 0.6) is 0 Å². The molecule has 0 aromatic heterocycles. The highest BCUT2D eigenvalue weighted by Crippen LogP contribution is 2.34. The van der Waals surface area contributed by atoms with Gasteiger partial charge in [0, 0.05) is 22.3 Å². The molecule has 1 aliphatic heterocycles. The van der Waals surface area contributed by atoms with Gasteiger partial charge in [-0.15, -0.1) is 0 Å². The van der Waals surface area contributed by atoms with Gasteiger partial charge in [-0.3, -0.25) is 19.3 Å². The van der Waals surface area contributed by atoms with Gasteiger partial charge in [0.25, 0.3) is 0 Å². The summed E-state index contributed by atoms with van der Waals surface area (Å²) in [5.74, 6) is -1.15. The van der Waals surface area contributed by atoms with Gasteiger partial charge < -0.3 is 10.1 Å². The summed E-state index contributed by atoms with van der Waals surface area (Å²) in [4.78, 5) is 39.2. The van der Waals surface area contributed by atoms with Crippen molar-refractivity contribution in [1.82, 2.24) is 5.32 Å². The van der Waals surface area contributed by atoms with Gasteiger partial charge in [-0.05, 0) is 37.5 Å². The quantitative estimate of drug-likeness (QED) is 0.364. The lowest BCUT2D eigenvalue weighted by molar-refractivity contribution is -0.149. The van der Waals surface area contributed by atoms with Crippen LogP contribution in [0.1, 0.15) is 59.8 Å². The smallest absolute Gasteiger partial charge is 0.308 e. The first-order chi connectivity index (χ1) is 14.6. The number of benzene rings is 1. The number of hydrogen-bond acceptors (Lipinski definition) is 4. The number of carbonyl (C=O) groups excluding carboxylic acids is 3. The van der Waals surface area contributed by atoms with E-state index in [9.17, 15) is 14.4 Å². The molecule has 2 unspecified atom stereocenters. The number of halogens is 2. The minimum atomic E-state index is -0.784. The molecule has 1 aliphatic rings. The summed E-state index contributed by atoms with van der Waals surface area (Å²) >= 11 is 12.2. The second-order valence-corrected chi connectivity index (χ2v) is 9.03. The number of unbranched alkanes of at least 4 members (excludes halogenated alkanes) is 1. The molecular weight excluding hydrogens is 439 g/mol. The number of rotatable bonds is 10. The van der Waals surface area contributed by atoms with E-state index in [1.165, 1.54) is 4.90 Å². The number of esters is 1. The van der Waals surface area contributed by atoms with Crippen LogP contribution in [0.25, 0.3) is 0 Å². The minimum Gasteiger partial charge on any atom is -0.465 e. The molecular formula is C23H30Cl2N2O4. The molecule has 0 saturated heterocycles. The fraction of sp³-hybridized carbons (Fsp3) is 0.522. The monoisotopic (exact) mass is 468 g/mol. The topological polar surface area (TPSA) is 75.7 Å². The Bertz CT molecular complexity index is 871. The molecule has 1 heterocycles. The highest BCUT2D eigenvalue weighted by Gasteiger charge is 2.37. The first-order valence-electron chi connectivity index (χ1n) is 10.6. The van der Waals surface area contributed by atoms with Gasteiger partial charge in [0.05, 0.1) is 29.7 Å². The fourth-order valence-corrected chi connectivity index (χ4v) is 3.76. The summed E-state index contributed by atoms with van der Waals surface area (Å²) in [6.45, 7) is 7.92. The third kappa shape index (κ3) is 6.47. The molecule has 8 heteroatoms. The molecule has 0 spiro atoms. The lowest BCUT2D eigenvalue weighted by Gasteiger charge is -2.29. The van der Waals surface area contributed by atoms with Crippen molar-refractivity contribution in [2.75, 3.05) is 11.5 Å². The average Bonchev–Trinajstić information content (AvgIpc) is 3.09. The first kappa shape index (κ1) is 25.2. The van der Waals surface area contributed by atoms with E-state index in [0.29, 0.717) is 40.9 Å². The Morgan fingerprint density at radius 3 is 2.65 bits per heavy atom. The van der Waals surface area contributed by atoms with Crippen molar-refractivity contribution in [3.63, 3.8) is 0 Å². The SMILES string of the molecule is CCCCOC(=O)C(C)CC(C)(CC)C(=O)NC1=CN(c2cc(Cl)ccc2Cl)C(=O)C1. The van der Waals surface area contributed by atoms with Crippen LogP contribution in [-0.2, 0) is 19.1 Å². The standard InChI is InChI=1S/C23H30Cl2N2O4/c1-5-7-10-31-21(29)15(3)13-23(4,6-2)22(30)26-17-12-20(28)27(14-17)19-11-16(24)8-9-18(19)25/h8-9,11,14-15H,5-7,10,12-13H2,1-4H3,(H,26,30). The molecule has 1 aromatic rings. The third-order valence-corrected chi connectivity index (χ3v) is 6.12. The van der Waals surface area contributed by atoms with E-state index >= 15 is 0 Å². The molecule has 0 saturated carbocycles. The van der Waals surface area contributed by atoms with E-state index < -0.39 is 11.3 Å². The maximum atomic E-state index is 13.1. The van der Waals surface area contributed by atoms with Crippen molar-refractivity contribution in [2.24, 2.45) is 11.3 Å². The summed E-state index contributed by atoms with van der Waals surface area (Å²) in [7, 11) is 0. The number of ether oxygens (including phenoxy) is 1. The van der Waals surface area contributed by atoms with Gasteiger partial charge in [0.1, 0.15) is 0 Å². The van der Waals surface area contributed by atoms with E-state index in [4.69, 9.17) is 27.9 Å². The number of hydrogen-bond donors (Lipinski definition) is 1. The molecule has 1 N–H and O–H groups in total. The molecule has 6 nitrogen and oxygen atoms in total. The molecule has 0 bridgehead atoms. The summed E-state index contributed by atoms with van der Waals surface area (Å²) in [5.41, 5.74) is 0.155. The lowest BCUT2D eigenvalue weighted by Crippen LogP contribution is -2.40. The zero-order valence-corrected chi connectivity index (χ0v) is 20.0. The van der Waals surface area contributed by atoms with E-state index in [-0.39, 0.29) is 24.2 Å². The number of nitrogens with zero attached hydrogens (tertiary/aromatic N) is 1. The molecule has 170 valence electrons. The summed E-state index contributed by atoms with van der Waals surface area (Å²) < 4.78 is 5.29. The van der Waals surface area contributed by atoms with Crippen LogP contribution in [0.15, 0.2) is 30.1 Å². The Morgan fingerprint density at radius 1 is 1.29 bits per heavy atom. The van der Waals surface area contributed by atoms with Crippen molar-refractivity contribution in [2.45, 2.75) is 59.8 Å². The van der Waals surface area contributed by atoms with Gasteiger partial charge in [-0.2, -0.15) is 0 Å². The normalized spacial score (nSPS) is 16.5. The number of amides is 2. The summed E-state index contributed by atoms with van der Waals surface area (Å²) in [6.07, 6.45) is 4.27. The van der Waals surface area contributed by atoms with Crippen molar-refractivity contribution >= 4 is 46.7 Å². The largest absolute Gasteiger partial charge is 0.465 e. The van der Waals surface area contributed by atoms with Crippen molar-refractivity contribution in [3.05, 3.63) is 40.1 Å². The van der Waals surface area contributed by atoms with Crippen LogP contribution in [-0.4, -0.2) is 24.4 Å². The van der Waals surface area contributed by atoms with Gasteiger partial charge >= 0.3 is 5.97 Å². The highest BCUT2D eigenvalue weighted by molar-refractivity contribution is 6.36. The highest BCUT2D eigenvalue weighted by atomic mass is 35.5. The minimum absolute atomic E-state index is 0.0446. The molecule has 0 radical (unpaired) electrons. The van der Waals surface area contributed by atoms with E-state index in [0.717, 1.165) is 12.8 Å². The predicted octanol–water partition coefficient (Wildman–Crippen LogP) is 5.47. The average molecular weight is 469 g/mol. The van der Waals surface area contributed by atoms with Crippen LogP contribution in [0.2, 0.25) is 10.0 Å². The number of nitrogens with one attached hydrogen (secondary N) is 1. The Morgan fingerprint density at radius 2 is 2.00 bits per heavy atom. The van der Waals surface area contributed by atoms with E-state index in [1.807, 2.05) is 20.8 Å². The summed E-state index contributed by atoms with van der Waals surface area (Å²) in [6, 6.07) is 4.86. The van der Waals surface area contributed by atoms with Crippen molar-refractivity contribution in [1.29, 1.82) is 0 Å².